The highest BCUT2D eigenvalue weighted by atomic mass is 35.5. The van der Waals surface area contributed by atoms with Crippen molar-refractivity contribution in [1.82, 2.24) is 0 Å². The summed E-state index contributed by atoms with van der Waals surface area (Å²) in [6.45, 7) is 2.43. The van der Waals surface area contributed by atoms with Crippen molar-refractivity contribution in [3.05, 3.63) is 69.8 Å². The first-order valence-electron chi connectivity index (χ1n) is 18.4. The average Bonchev–Trinajstić information content (AvgIpc) is 3.18. The molecule has 320 valence electrons. The second-order valence-corrected chi connectivity index (χ2v) is 13.5. The van der Waals surface area contributed by atoms with Crippen LogP contribution in [0.4, 0.5) is 0 Å². The van der Waals surface area contributed by atoms with Crippen molar-refractivity contribution < 1.29 is 44.8 Å². The molecule has 0 saturated heterocycles. The van der Waals surface area contributed by atoms with E-state index in [-0.39, 0.29) is 53.6 Å². The van der Waals surface area contributed by atoms with Crippen LogP contribution in [0, 0.1) is 5.92 Å². The minimum Gasteiger partial charge on any atom is -0.493 e. The molecule has 0 aliphatic carbocycles. The van der Waals surface area contributed by atoms with Crippen LogP contribution < -0.4 is 28.4 Å². The summed E-state index contributed by atoms with van der Waals surface area (Å²) in [7, 11) is 10.2. The standard InChI is InChI=1S/C42H53N3O6.3ClH.3H2O/c1-46-37-21-28-15-18-43-34(31(28)24-40(37)49-4)10-8-7-9-27(11-13-35-32-25-41(50-5)38(47-2)22-29(32)16-19-44-35)12-14-36-33-26-42(51-6)39(48-3)23-30(33)17-20-45-36;;;;;;/h21-27H,7-20H2,1-6H3;3*1H;3*1H2. The first kappa shape index (κ1) is 53.2. The molecule has 0 aromatic heterocycles. The number of benzene rings is 3. The van der Waals surface area contributed by atoms with E-state index >= 15 is 0 Å². The molecule has 0 saturated carbocycles. The SMILES string of the molecule is COc1cc2c(cc1OC)C(CCCCC(CCC1=NCCc3cc(OC)c(OC)cc31)CCC1=NCCc3cc(OC)c(OC)cc31)=NCC2.Cl.Cl.Cl.O.O.O. The van der Waals surface area contributed by atoms with E-state index in [0.29, 0.717) is 5.92 Å². The number of rotatable bonds is 17. The van der Waals surface area contributed by atoms with E-state index in [1.807, 2.05) is 0 Å². The summed E-state index contributed by atoms with van der Waals surface area (Å²) in [6, 6.07) is 12.7. The summed E-state index contributed by atoms with van der Waals surface area (Å²) in [5, 5.41) is 0. The zero-order valence-corrected chi connectivity index (χ0v) is 36.4. The zero-order valence-electron chi connectivity index (χ0n) is 34.0. The molecule has 0 bridgehead atoms. The van der Waals surface area contributed by atoms with Crippen LogP contribution in [0.1, 0.15) is 84.7 Å². The molecule has 15 heteroatoms. The van der Waals surface area contributed by atoms with Gasteiger partial charge in [0.05, 0.1) is 42.7 Å². The summed E-state index contributed by atoms with van der Waals surface area (Å²) in [5.41, 5.74) is 11.0. The maximum absolute atomic E-state index is 5.67. The summed E-state index contributed by atoms with van der Waals surface area (Å²) >= 11 is 0. The lowest BCUT2D eigenvalue weighted by Crippen LogP contribution is -2.17. The molecular weight excluding hydrogens is 797 g/mol. The van der Waals surface area contributed by atoms with E-state index in [4.69, 9.17) is 43.4 Å². The number of hydrogen-bond donors (Lipinski definition) is 0. The molecule has 0 spiro atoms. The highest BCUT2D eigenvalue weighted by Crippen LogP contribution is 2.37. The molecule has 3 aliphatic heterocycles. The van der Waals surface area contributed by atoms with E-state index < -0.39 is 0 Å². The fraction of sp³-hybridized carbons (Fsp3) is 0.500. The maximum Gasteiger partial charge on any atom is 0.161 e. The molecule has 0 unspecified atom stereocenters. The predicted molar refractivity (Wildman–Crippen MR) is 237 cm³/mol. The molecule has 3 heterocycles. The normalized spacial score (nSPS) is 13.2. The molecule has 6 rings (SSSR count). The zero-order chi connectivity index (χ0) is 35.7. The van der Waals surface area contributed by atoms with Gasteiger partial charge >= 0.3 is 0 Å². The van der Waals surface area contributed by atoms with Crippen molar-refractivity contribution in [2.75, 3.05) is 62.3 Å². The van der Waals surface area contributed by atoms with Gasteiger partial charge in [-0.1, -0.05) is 12.8 Å². The van der Waals surface area contributed by atoms with Gasteiger partial charge in [0, 0.05) is 53.5 Å². The van der Waals surface area contributed by atoms with Crippen LogP contribution in [-0.4, -0.2) is 95.9 Å². The lowest BCUT2D eigenvalue weighted by Gasteiger charge is -2.24. The van der Waals surface area contributed by atoms with Gasteiger partial charge in [-0.2, -0.15) is 0 Å². The largest absolute Gasteiger partial charge is 0.493 e. The monoisotopic (exact) mass is 857 g/mol. The Morgan fingerprint density at radius 2 is 0.719 bits per heavy atom. The third-order valence-electron chi connectivity index (χ3n) is 10.7. The van der Waals surface area contributed by atoms with Crippen LogP contribution in [0.15, 0.2) is 51.4 Å². The predicted octanol–water partition coefficient (Wildman–Crippen LogP) is 6.70. The Labute approximate surface area is 356 Å². The Bertz CT molecular complexity index is 1740. The molecule has 3 aromatic carbocycles. The van der Waals surface area contributed by atoms with Crippen LogP contribution in [0.3, 0.4) is 0 Å². The molecule has 0 radical (unpaired) electrons. The van der Waals surface area contributed by atoms with Gasteiger partial charge in [-0.15, -0.1) is 37.2 Å². The maximum atomic E-state index is 5.67. The second kappa shape index (κ2) is 25.6. The van der Waals surface area contributed by atoms with Crippen LogP contribution >= 0.6 is 37.2 Å². The van der Waals surface area contributed by atoms with Crippen molar-refractivity contribution in [1.29, 1.82) is 0 Å². The van der Waals surface area contributed by atoms with E-state index in [1.54, 1.807) is 42.7 Å². The van der Waals surface area contributed by atoms with Crippen molar-refractivity contribution in [3.8, 4) is 34.5 Å². The molecule has 6 N–H and O–H groups in total. The highest BCUT2D eigenvalue weighted by molar-refractivity contribution is 6.04. The topological polar surface area (TPSA) is 187 Å². The molecular formula is C42H62Cl3N3O9. The molecule has 57 heavy (non-hydrogen) atoms. The minimum atomic E-state index is 0. The Balaban J connectivity index is 0.00000523. The summed E-state index contributed by atoms with van der Waals surface area (Å²) in [4.78, 5) is 15.0. The van der Waals surface area contributed by atoms with Gasteiger partial charge in [-0.3, -0.25) is 15.0 Å². The summed E-state index contributed by atoms with van der Waals surface area (Å²) in [5.74, 6) is 5.14. The number of nitrogens with zero attached hydrogens (tertiary/aromatic N) is 3. The van der Waals surface area contributed by atoms with Crippen molar-refractivity contribution in [3.63, 3.8) is 0 Å². The number of fused-ring (bicyclic) bond motifs is 3. The highest BCUT2D eigenvalue weighted by Gasteiger charge is 2.23. The summed E-state index contributed by atoms with van der Waals surface area (Å²) < 4.78 is 33.8. The Hall–Kier alpha value is -3.78. The number of unbranched alkanes of at least 4 members (excludes halogenated alkanes) is 1. The fourth-order valence-electron chi connectivity index (χ4n) is 7.86. The lowest BCUT2D eigenvalue weighted by molar-refractivity contribution is 0.354. The third kappa shape index (κ3) is 12.4. The van der Waals surface area contributed by atoms with E-state index in [9.17, 15) is 0 Å². The molecule has 3 aliphatic rings. The van der Waals surface area contributed by atoms with Crippen molar-refractivity contribution in [2.45, 2.75) is 70.6 Å². The summed E-state index contributed by atoms with van der Waals surface area (Å²) in [6.07, 6.45) is 11.1. The van der Waals surface area contributed by atoms with Gasteiger partial charge in [0.2, 0.25) is 0 Å². The van der Waals surface area contributed by atoms with Crippen LogP contribution in [0.2, 0.25) is 0 Å². The molecule has 0 atom stereocenters. The Morgan fingerprint density at radius 1 is 0.421 bits per heavy atom. The van der Waals surface area contributed by atoms with Crippen molar-refractivity contribution in [2.24, 2.45) is 20.9 Å². The number of hydrogen-bond acceptors (Lipinski definition) is 9. The van der Waals surface area contributed by atoms with E-state index in [0.717, 1.165) is 125 Å². The van der Waals surface area contributed by atoms with Crippen LogP contribution in [-0.2, 0) is 19.3 Å². The Kier molecular flexibility index (Phi) is 23.9. The molecule has 3 aromatic rings. The number of halogens is 3. The third-order valence-corrected chi connectivity index (χ3v) is 10.7. The van der Waals surface area contributed by atoms with E-state index in [2.05, 4.69) is 36.4 Å². The second-order valence-electron chi connectivity index (χ2n) is 13.5. The first-order chi connectivity index (χ1) is 25.0. The van der Waals surface area contributed by atoms with Gasteiger partial charge in [0.1, 0.15) is 0 Å². The van der Waals surface area contributed by atoms with Gasteiger partial charge in [-0.05, 0) is 117 Å². The molecule has 0 fully saturated rings. The number of aliphatic imine (C=N–C) groups is 3. The number of ether oxygens (including phenoxy) is 6. The number of methoxy groups -OCH3 is 6. The van der Waals surface area contributed by atoms with Gasteiger partial charge in [0.25, 0.3) is 0 Å². The lowest BCUT2D eigenvalue weighted by atomic mass is 9.85. The van der Waals surface area contributed by atoms with Gasteiger partial charge in [0.15, 0.2) is 34.5 Å². The van der Waals surface area contributed by atoms with Crippen LogP contribution in [0.25, 0.3) is 0 Å². The Morgan fingerprint density at radius 3 is 1.04 bits per heavy atom. The van der Waals surface area contributed by atoms with Gasteiger partial charge in [-0.25, -0.2) is 0 Å². The molecule has 0 amide bonds. The quantitative estimate of drug-likeness (QED) is 0.136. The van der Waals surface area contributed by atoms with E-state index in [1.165, 1.54) is 50.5 Å². The molecule has 12 nitrogen and oxygen atoms in total. The smallest absolute Gasteiger partial charge is 0.161 e. The fourth-order valence-corrected chi connectivity index (χ4v) is 7.86. The van der Waals surface area contributed by atoms with Crippen LogP contribution in [0.5, 0.6) is 34.5 Å². The minimum absolute atomic E-state index is 0. The van der Waals surface area contributed by atoms with Gasteiger partial charge < -0.3 is 44.8 Å². The van der Waals surface area contributed by atoms with Crippen molar-refractivity contribution >= 4 is 54.4 Å². The first-order valence-corrected chi connectivity index (χ1v) is 18.4. The average molecular weight is 859 g/mol.